The normalized spacial score (nSPS) is 12.0. The molecule has 0 saturated carbocycles. The highest BCUT2D eigenvalue weighted by Crippen LogP contribution is 2.40. The minimum Gasteiger partial charge on any atom is -0.342 e. The zero-order valence-corrected chi connectivity index (χ0v) is 17.2. The van der Waals surface area contributed by atoms with E-state index in [-0.39, 0.29) is 0 Å². The summed E-state index contributed by atoms with van der Waals surface area (Å²) >= 11 is 0. The molecule has 2 heteroatoms. The first-order chi connectivity index (χ1) is 15.3. The minimum atomic E-state index is 1.22. The first kappa shape index (κ1) is 16.7. The summed E-state index contributed by atoms with van der Waals surface area (Å²) < 4.78 is 4.82. The van der Waals surface area contributed by atoms with Crippen LogP contribution in [0.1, 0.15) is 0 Å². The molecule has 2 nitrogen and oxygen atoms in total. The lowest BCUT2D eigenvalue weighted by Gasteiger charge is -2.13. The fourth-order valence-electron chi connectivity index (χ4n) is 5.36. The summed E-state index contributed by atoms with van der Waals surface area (Å²) in [7, 11) is 2.19. The Morgan fingerprint density at radius 3 is 1.84 bits per heavy atom. The van der Waals surface area contributed by atoms with Crippen molar-refractivity contribution in [1.29, 1.82) is 0 Å². The highest BCUT2D eigenvalue weighted by atomic mass is 15.0. The maximum absolute atomic E-state index is 2.47. The van der Waals surface area contributed by atoms with Crippen LogP contribution in [0.15, 0.2) is 103 Å². The van der Waals surface area contributed by atoms with Gasteiger partial charge in [0.1, 0.15) is 0 Å². The second-order valence-corrected chi connectivity index (χ2v) is 8.28. The van der Waals surface area contributed by atoms with Gasteiger partial charge in [-0.1, -0.05) is 84.9 Å². The van der Waals surface area contributed by atoms with Gasteiger partial charge in [0.15, 0.2) is 0 Å². The van der Waals surface area contributed by atoms with Gasteiger partial charge in [0.05, 0.1) is 22.2 Å². The van der Waals surface area contributed by atoms with Gasteiger partial charge in [0.25, 0.3) is 0 Å². The zero-order chi connectivity index (χ0) is 20.5. The van der Waals surface area contributed by atoms with E-state index in [1.165, 1.54) is 60.1 Å². The Labute approximate surface area is 179 Å². The number of rotatable bonds is 1. The van der Waals surface area contributed by atoms with E-state index in [4.69, 9.17) is 0 Å². The van der Waals surface area contributed by atoms with E-state index < -0.39 is 0 Å². The smallest absolute Gasteiger partial charge is 0.0785 e. The summed E-state index contributed by atoms with van der Waals surface area (Å²) in [5, 5.41) is 7.71. The van der Waals surface area contributed by atoms with Crippen LogP contribution >= 0.6 is 0 Å². The molecule has 0 unspecified atom stereocenters. The van der Waals surface area contributed by atoms with Gasteiger partial charge < -0.3 is 9.13 Å². The van der Waals surface area contributed by atoms with Crippen molar-refractivity contribution in [3.05, 3.63) is 103 Å². The Morgan fingerprint density at radius 1 is 0.452 bits per heavy atom. The number of aromatic nitrogens is 2. The Balaban J connectivity index is 1.80. The first-order valence-electron chi connectivity index (χ1n) is 10.7. The van der Waals surface area contributed by atoms with Crippen molar-refractivity contribution in [3.8, 4) is 5.69 Å². The van der Waals surface area contributed by atoms with E-state index in [1.807, 2.05) is 0 Å². The summed E-state index contributed by atoms with van der Waals surface area (Å²) in [5.74, 6) is 0. The standard InChI is InChI=1S/C29H20N2/c1-30-25-14-6-4-12-21(25)23-17-18-24-22-13-5-7-15-27(22)31(29(24)28(23)30)26-16-8-10-19-9-2-3-11-20(19)26/h2-18H,1H3. The fraction of sp³-hybridized carbons (Fsp3) is 0.0345. The molecule has 0 saturated heterocycles. The quantitative estimate of drug-likeness (QED) is 0.271. The highest BCUT2D eigenvalue weighted by molar-refractivity contribution is 6.23. The van der Waals surface area contributed by atoms with Crippen molar-refractivity contribution < 1.29 is 0 Å². The number of fused-ring (bicyclic) bond motifs is 8. The highest BCUT2D eigenvalue weighted by Gasteiger charge is 2.19. The van der Waals surface area contributed by atoms with E-state index in [9.17, 15) is 0 Å². The van der Waals surface area contributed by atoms with Crippen molar-refractivity contribution in [2.24, 2.45) is 7.05 Å². The van der Waals surface area contributed by atoms with Crippen molar-refractivity contribution >= 4 is 54.4 Å². The number of aryl methyl sites for hydroxylation is 1. The largest absolute Gasteiger partial charge is 0.342 e. The summed E-state index contributed by atoms with van der Waals surface area (Å²) in [4.78, 5) is 0. The summed E-state index contributed by atoms with van der Waals surface area (Å²) in [6.45, 7) is 0. The van der Waals surface area contributed by atoms with Gasteiger partial charge in [-0.3, -0.25) is 0 Å². The summed E-state index contributed by atoms with van der Waals surface area (Å²) in [5.41, 5.74) is 6.28. The van der Waals surface area contributed by atoms with Crippen molar-refractivity contribution in [2.45, 2.75) is 0 Å². The molecule has 31 heavy (non-hydrogen) atoms. The maximum Gasteiger partial charge on any atom is 0.0785 e. The molecule has 0 aliphatic heterocycles. The molecule has 7 rings (SSSR count). The molecule has 2 heterocycles. The molecule has 0 fully saturated rings. The van der Waals surface area contributed by atoms with Crippen molar-refractivity contribution in [3.63, 3.8) is 0 Å². The van der Waals surface area contributed by atoms with E-state index in [0.717, 1.165) is 0 Å². The van der Waals surface area contributed by atoms with Gasteiger partial charge in [-0.25, -0.2) is 0 Å². The minimum absolute atomic E-state index is 1.22. The number of nitrogens with zero attached hydrogens (tertiary/aromatic N) is 2. The molecule has 0 atom stereocenters. The molecule has 0 aliphatic carbocycles. The van der Waals surface area contributed by atoms with E-state index in [0.29, 0.717) is 0 Å². The zero-order valence-electron chi connectivity index (χ0n) is 17.2. The monoisotopic (exact) mass is 396 g/mol. The molecule has 7 aromatic rings. The van der Waals surface area contributed by atoms with Crippen LogP contribution in [-0.4, -0.2) is 9.13 Å². The Bertz CT molecular complexity index is 1790. The van der Waals surface area contributed by atoms with Crippen LogP contribution in [0.4, 0.5) is 0 Å². The van der Waals surface area contributed by atoms with E-state index in [2.05, 4.69) is 119 Å². The Kier molecular flexibility index (Phi) is 3.23. The fourth-order valence-corrected chi connectivity index (χ4v) is 5.36. The van der Waals surface area contributed by atoms with Crippen LogP contribution in [0.5, 0.6) is 0 Å². The predicted octanol–water partition coefficient (Wildman–Crippen LogP) is 7.58. The average Bonchev–Trinajstić information content (AvgIpc) is 3.31. The summed E-state index contributed by atoms with van der Waals surface area (Å²) in [6.07, 6.45) is 0. The average molecular weight is 396 g/mol. The van der Waals surface area contributed by atoms with Gasteiger partial charge in [-0.2, -0.15) is 0 Å². The topological polar surface area (TPSA) is 9.86 Å². The second kappa shape index (κ2) is 5.99. The third-order valence-corrected chi connectivity index (χ3v) is 6.71. The van der Waals surface area contributed by atoms with Crippen LogP contribution in [0.3, 0.4) is 0 Å². The Hall–Kier alpha value is -4.04. The second-order valence-electron chi connectivity index (χ2n) is 8.28. The molecular weight excluding hydrogens is 376 g/mol. The van der Waals surface area contributed by atoms with E-state index >= 15 is 0 Å². The maximum atomic E-state index is 2.47. The van der Waals surface area contributed by atoms with Gasteiger partial charge >= 0.3 is 0 Å². The lowest BCUT2D eigenvalue weighted by Crippen LogP contribution is -1.97. The molecular formula is C29H20N2. The molecule has 0 N–H and O–H groups in total. The lowest BCUT2D eigenvalue weighted by atomic mass is 10.1. The number of hydrogen-bond acceptors (Lipinski definition) is 0. The van der Waals surface area contributed by atoms with Crippen LogP contribution in [0, 0.1) is 0 Å². The van der Waals surface area contributed by atoms with Gasteiger partial charge in [-0.05, 0) is 23.6 Å². The number of para-hydroxylation sites is 2. The van der Waals surface area contributed by atoms with Crippen LogP contribution in [0.25, 0.3) is 60.1 Å². The molecule has 0 amide bonds. The summed E-state index contributed by atoms with van der Waals surface area (Å²) in [6, 6.07) is 37.3. The van der Waals surface area contributed by atoms with Crippen LogP contribution in [0.2, 0.25) is 0 Å². The SMILES string of the molecule is Cn1c2ccccc2c2ccc3c4ccccc4n(-c4cccc5ccccc45)c3c21. The molecule has 146 valence electrons. The molecule has 2 aromatic heterocycles. The molecule has 0 spiro atoms. The van der Waals surface area contributed by atoms with Gasteiger partial charge in [-0.15, -0.1) is 0 Å². The van der Waals surface area contributed by atoms with Gasteiger partial charge in [0, 0.05) is 39.5 Å². The third-order valence-electron chi connectivity index (χ3n) is 6.71. The first-order valence-corrected chi connectivity index (χ1v) is 10.7. The third kappa shape index (κ3) is 2.11. The molecule has 0 aliphatic rings. The van der Waals surface area contributed by atoms with E-state index in [1.54, 1.807) is 0 Å². The van der Waals surface area contributed by atoms with Crippen LogP contribution < -0.4 is 0 Å². The molecule has 0 bridgehead atoms. The predicted molar refractivity (Wildman–Crippen MR) is 132 cm³/mol. The van der Waals surface area contributed by atoms with Crippen molar-refractivity contribution in [1.82, 2.24) is 9.13 Å². The van der Waals surface area contributed by atoms with Crippen molar-refractivity contribution in [2.75, 3.05) is 0 Å². The molecule has 0 radical (unpaired) electrons. The number of hydrogen-bond donors (Lipinski definition) is 0. The number of benzene rings is 5. The van der Waals surface area contributed by atoms with Crippen LogP contribution in [-0.2, 0) is 7.05 Å². The lowest BCUT2D eigenvalue weighted by molar-refractivity contribution is 1.01. The molecule has 5 aromatic carbocycles. The Morgan fingerprint density at radius 2 is 1.03 bits per heavy atom. The van der Waals surface area contributed by atoms with Gasteiger partial charge in [0.2, 0.25) is 0 Å².